The van der Waals surface area contributed by atoms with E-state index in [-0.39, 0.29) is 18.2 Å². The molecule has 178 valence electrons. The van der Waals surface area contributed by atoms with Crippen molar-refractivity contribution in [2.45, 2.75) is 57.4 Å². The minimum absolute atomic E-state index is 0.0718. The van der Waals surface area contributed by atoms with Crippen molar-refractivity contribution < 1.29 is 9.90 Å². The molecule has 3 aromatic rings. The zero-order valence-corrected chi connectivity index (χ0v) is 19.4. The molecule has 34 heavy (non-hydrogen) atoms. The number of benzene rings is 2. The van der Waals surface area contributed by atoms with Gasteiger partial charge in [0.2, 0.25) is 0 Å². The van der Waals surface area contributed by atoms with E-state index in [1.807, 2.05) is 41.0 Å². The average Bonchev–Trinajstić information content (AvgIpc) is 3.03. The van der Waals surface area contributed by atoms with Crippen molar-refractivity contribution in [3.8, 4) is 17.1 Å². The van der Waals surface area contributed by atoms with Crippen molar-refractivity contribution in [1.82, 2.24) is 19.7 Å². The van der Waals surface area contributed by atoms with Gasteiger partial charge in [-0.05, 0) is 87.2 Å². The third-order valence-corrected chi connectivity index (χ3v) is 7.37. The minimum atomic E-state index is -0.734. The fourth-order valence-electron chi connectivity index (χ4n) is 5.47. The number of hydrogen-bond donors (Lipinski definition) is 2. The van der Waals surface area contributed by atoms with Crippen LogP contribution < -0.4 is 11.0 Å². The van der Waals surface area contributed by atoms with E-state index in [1.54, 1.807) is 4.68 Å². The lowest BCUT2D eigenvalue weighted by atomic mass is 9.83. The second-order valence-corrected chi connectivity index (χ2v) is 9.56. The van der Waals surface area contributed by atoms with Crippen LogP contribution in [0.15, 0.2) is 53.3 Å². The third kappa shape index (κ3) is 4.71. The molecule has 0 radical (unpaired) electrons. The molecule has 2 aromatic carbocycles. The highest BCUT2D eigenvalue weighted by Crippen LogP contribution is 2.36. The molecule has 2 heterocycles. The lowest BCUT2D eigenvalue weighted by Crippen LogP contribution is -2.30. The molecule has 0 amide bonds. The molecule has 0 atom stereocenters. The van der Waals surface area contributed by atoms with Gasteiger partial charge in [-0.25, -0.2) is 4.79 Å². The van der Waals surface area contributed by atoms with E-state index in [4.69, 9.17) is 10.2 Å². The average molecular weight is 461 g/mol. The smallest absolute Gasteiger partial charge is 0.351 e. The number of aromatic nitrogens is 3. The maximum Gasteiger partial charge on any atom is 0.351 e. The predicted octanol–water partition coefficient (Wildman–Crippen LogP) is 3.99. The van der Waals surface area contributed by atoms with E-state index in [1.165, 1.54) is 11.1 Å². The van der Waals surface area contributed by atoms with Crippen molar-refractivity contribution in [3.63, 3.8) is 0 Å². The molecular formula is C27H32N4O3. The number of rotatable bonds is 6. The number of fused-ring (bicyclic) bond motifs is 1. The van der Waals surface area contributed by atoms with Gasteiger partial charge in [0.15, 0.2) is 5.82 Å². The largest absolute Gasteiger partial charge is 0.481 e. The first kappa shape index (κ1) is 22.6. The molecule has 1 aromatic heterocycles. The minimum Gasteiger partial charge on any atom is -0.481 e. The Morgan fingerprint density at radius 1 is 1.00 bits per heavy atom. The van der Waals surface area contributed by atoms with Crippen LogP contribution in [0.4, 0.5) is 0 Å². The first-order valence-electron chi connectivity index (χ1n) is 12.4. The van der Waals surface area contributed by atoms with Crippen LogP contribution in [0.3, 0.4) is 0 Å². The van der Waals surface area contributed by atoms with E-state index in [0.29, 0.717) is 18.2 Å². The van der Waals surface area contributed by atoms with E-state index in [0.717, 1.165) is 62.9 Å². The lowest BCUT2D eigenvalue weighted by molar-refractivity contribution is -0.137. The fraction of sp³-hybridized carbons (Fsp3) is 0.444. The summed E-state index contributed by atoms with van der Waals surface area (Å²) in [6, 6.07) is 16.3. The molecule has 1 saturated carbocycles. The monoisotopic (exact) mass is 460 g/mol. The first-order chi connectivity index (χ1) is 16.6. The second-order valence-electron chi connectivity index (χ2n) is 9.56. The molecule has 2 N–H and O–H groups in total. The quantitative estimate of drug-likeness (QED) is 0.581. The van der Waals surface area contributed by atoms with Gasteiger partial charge in [0.25, 0.3) is 0 Å². The number of aliphatic carboxylic acids is 1. The molecule has 7 nitrogen and oxygen atoms in total. The van der Waals surface area contributed by atoms with Crippen LogP contribution >= 0.6 is 0 Å². The molecule has 7 heteroatoms. The zero-order valence-electron chi connectivity index (χ0n) is 19.4. The molecular weight excluding hydrogens is 428 g/mol. The van der Waals surface area contributed by atoms with Gasteiger partial charge in [-0.15, -0.1) is 5.10 Å². The molecule has 0 saturated heterocycles. The summed E-state index contributed by atoms with van der Waals surface area (Å²) in [4.78, 5) is 24.7. The van der Waals surface area contributed by atoms with E-state index < -0.39 is 5.97 Å². The van der Waals surface area contributed by atoms with Crippen molar-refractivity contribution in [2.24, 2.45) is 5.92 Å². The van der Waals surface area contributed by atoms with Crippen LogP contribution in [-0.4, -0.2) is 38.5 Å². The van der Waals surface area contributed by atoms with Gasteiger partial charge in [-0.2, -0.15) is 4.68 Å². The van der Waals surface area contributed by atoms with Crippen molar-refractivity contribution >= 4 is 5.97 Å². The van der Waals surface area contributed by atoms with Crippen molar-refractivity contribution in [1.29, 1.82) is 0 Å². The Morgan fingerprint density at radius 2 is 1.74 bits per heavy atom. The summed E-state index contributed by atoms with van der Waals surface area (Å²) in [5, 5.41) is 17.3. The topological polar surface area (TPSA) is 89.2 Å². The summed E-state index contributed by atoms with van der Waals surface area (Å²) in [7, 11) is 0. The Morgan fingerprint density at radius 3 is 2.47 bits per heavy atom. The molecule has 1 aliphatic heterocycles. The van der Waals surface area contributed by atoms with Crippen LogP contribution in [-0.2, 0) is 17.6 Å². The molecule has 0 unspecified atom stereocenters. The number of nitrogens with zero attached hydrogens (tertiary/aromatic N) is 3. The summed E-state index contributed by atoms with van der Waals surface area (Å²) in [5.41, 5.74) is 4.27. The second kappa shape index (κ2) is 9.97. The predicted molar refractivity (Wildman–Crippen MR) is 131 cm³/mol. The fourth-order valence-corrected chi connectivity index (χ4v) is 5.47. The van der Waals surface area contributed by atoms with Crippen LogP contribution in [0.1, 0.15) is 55.7 Å². The highest BCUT2D eigenvalue weighted by Gasteiger charge is 2.28. The summed E-state index contributed by atoms with van der Waals surface area (Å²) < 4.78 is 3.45. The maximum atomic E-state index is 13.8. The number of hydrogen-bond acceptors (Lipinski definition) is 4. The van der Waals surface area contributed by atoms with Crippen molar-refractivity contribution in [2.75, 3.05) is 13.1 Å². The standard InChI is InChI=1S/C27H32N4O3/c32-25(33)13-8-19-6-10-23(11-7-19)30-26(21-4-2-1-3-5-21)29-31(27(30)34)24-12-9-20-14-16-28-17-15-22(20)18-24/h1-5,9,12,18-19,23,28H,6-8,10-11,13-17H2,(H,32,33). The number of carbonyl (C=O) groups is 1. The normalized spacial score (nSPS) is 20.5. The third-order valence-electron chi connectivity index (χ3n) is 7.37. The van der Waals surface area contributed by atoms with E-state index >= 15 is 0 Å². The summed E-state index contributed by atoms with van der Waals surface area (Å²) in [6.45, 7) is 1.92. The SMILES string of the molecule is O=C(O)CCC1CCC(n2c(-c3ccccc3)nn(-c3ccc4c(c3)CCNCC4)c2=O)CC1. The van der Waals surface area contributed by atoms with Gasteiger partial charge >= 0.3 is 11.7 Å². The van der Waals surface area contributed by atoms with Crippen molar-refractivity contribution in [3.05, 3.63) is 70.1 Å². The molecule has 1 aliphatic carbocycles. The Kier molecular flexibility index (Phi) is 6.63. The van der Waals surface area contributed by atoms with Gasteiger partial charge in [-0.1, -0.05) is 36.4 Å². The number of nitrogens with one attached hydrogen (secondary N) is 1. The van der Waals surface area contributed by atoms with E-state index in [9.17, 15) is 9.59 Å². The lowest BCUT2D eigenvalue weighted by Gasteiger charge is -2.29. The summed E-state index contributed by atoms with van der Waals surface area (Å²) in [5.74, 6) is 0.384. The Balaban J connectivity index is 1.49. The van der Waals surface area contributed by atoms with Crippen LogP contribution in [0.2, 0.25) is 0 Å². The maximum absolute atomic E-state index is 13.8. The number of carboxylic acid groups (broad SMARTS) is 1. The van der Waals surface area contributed by atoms with Gasteiger partial charge in [0.05, 0.1) is 5.69 Å². The zero-order chi connectivity index (χ0) is 23.5. The highest BCUT2D eigenvalue weighted by atomic mass is 16.4. The summed E-state index contributed by atoms with van der Waals surface area (Å²) >= 11 is 0. The first-order valence-corrected chi connectivity index (χ1v) is 12.4. The summed E-state index contributed by atoms with van der Waals surface area (Å²) in [6.07, 6.45) is 6.49. The van der Waals surface area contributed by atoms with Crippen LogP contribution in [0.5, 0.6) is 0 Å². The van der Waals surface area contributed by atoms with Gasteiger partial charge < -0.3 is 10.4 Å². The van der Waals surface area contributed by atoms with Gasteiger partial charge in [0, 0.05) is 18.0 Å². The Labute approximate surface area is 199 Å². The molecule has 2 aliphatic rings. The molecule has 5 rings (SSSR count). The molecule has 0 bridgehead atoms. The Bertz CT molecular complexity index is 1210. The molecule has 0 spiro atoms. The van der Waals surface area contributed by atoms with E-state index in [2.05, 4.69) is 17.4 Å². The van der Waals surface area contributed by atoms with Gasteiger partial charge in [0.1, 0.15) is 0 Å². The van der Waals surface area contributed by atoms with Crippen LogP contribution in [0.25, 0.3) is 17.1 Å². The van der Waals surface area contributed by atoms with Gasteiger partial charge in [-0.3, -0.25) is 9.36 Å². The van der Waals surface area contributed by atoms with Crippen LogP contribution in [0, 0.1) is 5.92 Å². The highest BCUT2D eigenvalue weighted by molar-refractivity contribution is 5.66. The number of carboxylic acids is 1. The molecule has 1 fully saturated rings. The Hall–Kier alpha value is -3.19.